The molecule has 1 aromatic heterocycles. The van der Waals surface area contributed by atoms with Crippen LogP contribution in [-0.2, 0) is 6.54 Å². The Hall–Kier alpha value is -0.800. The summed E-state index contributed by atoms with van der Waals surface area (Å²) in [5.74, 6) is 2.49. The molecule has 0 aromatic carbocycles. The highest BCUT2D eigenvalue weighted by Gasteiger charge is 2.22. The van der Waals surface area contributed by atoms with Gasteiger partial charge < -0.3 is 10.6 Å². The fraction of sp³-hybridized carbons (Fsp3) is 0.667. The van der Waals surface area contributed by atoms with Crippen LogP contribution in [0, 0.1) is 11.8 Å². The molecule has 106 valence electrons. The van der Waals surface area contributed by atoms with Gasteiger partial charge >= 0.3 is 0 Å². The van der Waals surface area contributed by atoms with Crippen molar-refractivity contribution in [1.82, 2.24) is 4.98 Å². The highest BCUT2D eigenvalue weighted by atomic mass is 35.5. The van der Waals surface area contributed by atoms with Crippen molar-refractivity contribution in [1.29, 1.82) is 0 Å². The molecule has 3 nitrogen and oxygen atoms in total. The van der Waals surface area contributed by atoms with E-state index < -0.39 is 0 Å². The summed E-state index contributed by atoms with van der Waals surface area (Å²) in [6.45, 7) is 7.20. The molecule has 19 heavy (non-hydrogen) atoms. The molecule has 0 aliphatic carbocycles. The van der Waals surface area contributed by atoms with Gasteiger partial charge in [-0.05, 0) is 42.7 Å². The summed E-state index contributed by atoms with van der Waals surface area (Å²) in [6, 6.07) is 1.90. The molecule has 1 aliphatic heterocycles. The average molecular weight is 282 g/mol. The van der Waals surface area contributed by atoms with E-state index in [2.05, 4.69) is 23.7 Å². The van der Waals surface area contributed by atoms with Crippen molar-refractivity contribution in [2.75, 3.05) is 18.0 Å². The molecule has 1 aliphatic rings. The van der Waals surface area contributed by atoms with Crippen LogP contribution in [0.25, 0.3) is 0 Å². The second kappa shape index (κ2) is 6.58. The summed E-state index contributed by atoms with van der Waals surface area (Å²) in [6.07, 6.45) is 5.56. The molecule has 2 rings (SSSR count). The highest BCUT2D eigenvalue weighted by molar-refractivity contribution is 6.33. The average Bonchev–Trinajstić information content (AvgIpc) is 2.65. The molecule has 1 atom stereocenters. The van der Waals surface area contributed by atoms with Crippen LogP contribution in [-0.4, -0.2) is 18.1 Å². The van der Waals surface area contributed by atoms with Crippen LogP contribution in [0.15, 0.2) is 12.3 Å². The van der Waals surface area contributed by atoms with E-state index in [0.29, 0.717) is 6.54 Å². The summed E-state index contributed by atoms with van der Waals surface area (Å²) in [5.41, 5.74) is 6.69. The van der Waals surface area contributed by atoms with Gasteiger partial charge in [0.05, 0.1) is 5.02 Å². The monoisotopic (exact) mass is 281 g/mol. The minimum atomic E-state index is 0.469. The molecule has 0 radical (unpaired) electrons. The Labute approximate surface area is 121 Å². The van der Waals surface area contributed by atoms with E-state index in [0.717, 1.165) is 41.3 Å². The zero-order valence-corrected chi connectivity index (χ0v) is 12.7. The third kappa shape index (κ3) is 3.40. The van der Waals surface area contributed by atoms with E-state index in [4.69, 9.17) is 17.3 Å². The summed E-state index contributed by atoms with van der Waals surface area (Å²) in [4.78, 5) is 6.78. The maximum atomic E-state index is 6.41. The van der Waals surface area contributed by atoms with Crippen molar-refractivity contribution in [2.24, 2.45) is 17.6 Å². The van der Waals surface area contributed by atoms with E-state index >= 15 is 0 Å². The van der Waals surface area contributed by atoms with Crippen molar-refractivity contribution in [3.63, 3.8) is 0 Å². The zero-order chi connectivity index (χ0) is 13.8. The van der Waals surface area contributed by atoms with Gasteiger partial charge in [0.25, 0.3) is 0 Å². The quantitative estimate of drug-likeness (QED) is 0.923. The van der Waals surface area contributed by atoms with E-state index in [-0.39, 0.29) is 0 Å². The Kier molecular flexibility index (Phi) is 5.06. The number of hydrogen-bond acceptors (Lipinski definition) is 3. The van der Waals surface area contributed by atoms with E-state index in [1.54, 1.807) is 0 Å². The second-order valence-corrected chi connectivity index (χ2v) is 6.11. The number of rotatable bonds is 3. The number of halogens is 1. The SMILES string of the molecule is CC(C)C1CCCN(c2nccc(CN)c2Cl)CC1. The largest absolute Gasteiger partial charge is 0.355 e. The van der Waals surface area contributed by atoms with Gasteiger partial charge in [-0.1, -0.05) is 25.4 Å². The maximum absolute atomic E-state index is 6.41. The normalized spacial score (nSPS) is 20.7. The lowest BCUT2D eigenvalue weighted by Gasteiger charge is -2.24. The molecular weight excluding hydrogens is 258 g/mol. The van der Waals surface area contributed by atoms with Crippen LogP contribution in [0.5, 0.6) is 0 Å². The Balaban J connectivity index is 2.14. The van der Waals surface area contributed by atoms with Crippen LogP contribution < -0.4 is 10.6 Å². The van der Waals surface area contributed by atoms with Crippen molar-refractivity contribution in [3.8, 4) is 0 Å². The van der Waals surface area contributed by atoms with Crippen molar-refractivity contribution >= 4 is 17.4 Å². The lowest BCUT2D eigenvalue weighted by molar-refractivity contribution is 0.351. The van der Waals surface area contributed by atoms with Crippen LogP contribution in [0.1, 0.15) is 38.7 Å². The fourth-order valence-corrected chi connectivity index (χ4v) is 3.16. The van der Waals surface area contributed by atoms with Gasteiger partial charge in [0.15, 0.2) is 0 Å². The molecule has 2 heterocycles. The molecule has 1 unspecified atom stereocenters. The first-order chi connectivity index (χ1) is 9.13. The van der Waals surface area contributed by atoms with Crippen molar-refractivity contribution < 1.29 is 0 Å². The molecule has 0 spiro atoms. The number of aromatic nitrogens is 1. The Bertz CT molecular complexity index is 420. The third-order valence-corrected chi connectivity index (χ3v) is 4.60. The van der Waals surface area contributed by atoms with Crippen molar-refractivity contribution in [3.05, 3.63) is 22.8 Å². The molecule has 4 heteroatoms. The minimum Gasteiger partial charge on any atom is -0.355 e. The number of hydrogen-bond donors (Lipinski definition) is 1. The number of nitrogens with two attached hydrogens (primary N) is 1. The van der Waals surface area contributed by atoms with Gasteiger partial charge in [-0.15, -0.1) is 0 Å². The van der Waals surface area contributed by atoms with Gasteiger partial charge in [0.1, 0.15) is 5.82 Å². The van der Waals surface area contributed by atoms with Gasteiger partial charge in [0, 0.05) is 25.8 Å². The zero-order valence-electron chi connectivity index (χ0n) is 11.9. The van der Waals surface area contributed by atoms with Crippen molar-refractivity contribution in [2.45, 2.75) is 39.7 Å². The van der Waals surface area contributed by atoms with Crippen LogP contribution >= 0.6 is 11.6 Å². The number of nitrogens with zero attached hydrogens (tertiary/aromatic N) is 2. The number of anilines is 1. The Morgan fingerprint density at radius 1 is 1.42 bits per heavy atom. The molecule has 0 saturated carbocycles. The molecular formula is C15H24ClN3. The van der Waals surface area contributed by atoms with Gasteiger partial charge in [0.2, 0.25) is 0 Å². The fourth-order valence-electron chi connectivity index (χ4n) is 2.85. The molecule has 1 saturated heterocycles. The van der Waals surface area contributed by atoms with Gasteiger partial charge in [-0.25, -0.2) is 4.98 Å². The van der Waals surface area contributed by atoms with Crippen LogP contribution in [0.4, 0.5) is 5.82 Å². The standard InChI is InChI=1S/C15H24ClN3/c1-11(2)12-4-3-8-19(9-6-12)15-14(16)13(10-17)5-7-18-15/h5,7,11-12H,3-4,6,8-10,17H2,1-2H3. The van der Waals surface area contributed by atoms with Crippen LogP contribution in [0.2, 0.25) is 5.02 Å². The first-order valence-corrected chi connectivity index (χ1v) is 7.59. The Morgan fingerprint density at radius 3 is 2.89 bits per heavy atom. The summed E-state index contributed by atoms with van der Waals surface area (Å²) < 4.78 is 0. The first kappa shape index (κ1) is 14.6. The van der Waals surface area contributed by atoms with E-state index in [1.165, 1.54) is 19.3 Å². The second-order valence-electron chi connectivity index (χ2n) is 5.73. The first-order valence-electron chi connectivity index (χ1n) is 7.22. The molecule has 2 N–H and O–H groups in total. The summed E-state index contributed by atoms with van der Waals surface area (Å²) in [5, 5.41) is 0.730. The van der Waals surface area contributed by atoms with Crippen LogP contribution in [0.3, 0.4) is 0 Å². The highest BCUT2D eigenvalue weighted by Crippen LogP contribution is 2.31. The molecule has 1 fully saturated rings. The smallest absolute Gasteiger partial charge is 0.147 e. The number of pyridine rings is 1. The van der Waals surface area contributed by atoms with Gasteiger partial charge in [-0.3, -0.25) is 0 Å². The predicted octanol–water partition coefficient (Wildman–Crippen LogP) is 3.46. The molecule has 0 amide bonds. The summed E-state index contributed by atoms with van der Waals surface area (Å²) >= 11 is 6.41. The van der Waals surface area contributed by atoms with E-state index in [9.17, 15) is 0 Å². The van der Waals surface area contributed by atoms with E-state index in [1.807, 2.05) is 12.3 Å². The Morgan fingerprint density at radius 2 is 2.21 bits per heavy atom. The van der Waals surface area contributed by atoms with Gasteiger partial charge in [-0.2, -0.15) is 0 Å². The molecule has 0 bridgehead atoms. The summed E-state index contributed by atoms with van der Waals surface area (Å²) in [7, 11) is 0. The predicted molar refractivity (Wildman–Crippen MR) is 81.5 cm³/mol. The lowest BCUT2D eigenvalue weighted by atomic mass is 9.89. The maximum Gasteiger partial charge on any atom is 0.147 e. The lowest BCUT2D eigenvalue weighted by Crippen LogP contribution is -2.26. The minimum absolute atomic E-state index is 0.469. The third-order valence-electron chi connectivity index (χ3n) is 4.19. The molecule has 1 aromatic rings. The topological polar surface area (TPSA) is 42.2 Å².